The molecule has 1 N–H and O–H groups in total. The van der Waals surface area contributed by atoms with Crippen LogP contribution in [0.2, 0.25) is 5.15 Å². The van der Waals surface area contributed by atoms with Crippen molar-refractivity contribution in [2.75, 3.05) is 5.32 Å². The van der Waals surface area contributed by atoms with Gasteiger partial charge in [-0.15, -0.1) is 0 Å². The highest BCUT2D eigenvalue weighted by Gasteiger charge is 2.27. The molecule has 1 aromatic heterocycles. The Kier molecular flexibility index (Phi) is 3.71. The molecule has 3 rings (SSSR count). The minimum Gasteiger partial charge on any atom is -0.366 e. The van der Waals surface area contributed by atoms with Crippen LogP contribution in [0, 0.1) is 0 Å². The minimum absolute atomic E-state index is 0.505. The van der Waals surface area contributed by atoms with Gasteiger partial charge in [0.15, 0.2) is 0 Å². The van der Waals surface area contributed by atoms with E-state index in [0.717, 1.165) is 22.7 Å². The van der Waals surface area contributed by atoms with Crippen molar-refractivity contribution in [2.45, 2.75) is 25.3 Å². The van der Waals surface area contributed by atoms with Crippen molar-refractivity contribution in [1.29, 1.82) is 0 Å². The summed E-state index contributed by atoms with van der Waals surface area (Å²) in [5, 5.41) is 3.80. The van der Waals surface area contributed by atoms with Crippen molar-refractivity contribution in [3.8, 4) is 0 Å². The standard InChI is InChI=1S/C14H13BrClN3/c15-11-3-1-2-9(6-11)8-17-13-7-12(16)18-14(19-13)10-4-5-10/h1-3,6-7,10H,4-5,8H2,(H,17,18,19). The van der Waals surface area contributed by atoms with Gasteiger partial charge in [-0.25, -0.2) is 9.97 Å². The molecular formula is C14H13BrClN3. The van der Waals surface area contributed by atoms with E-state index in [4.69, 9.17) is 11.6 Å². The highest BCUT2D eigenvalue weighted by molar-refractivity contribution is 9.10. The number of benzene rings is 1. The van der Waals surface area contributed by atoms with Crippen LogP contribution >= 0.6 is 27.5 Å². The van der Waals surface area contributed by atoms with Gasteiger partial charge in [0.1, 0.15) is 16.8 Å². The molecular weight excluding hydrogens is 326 g/mol. The van der Waals surface area contributed by atoms with Gasteiger partial charge in [0.25, 0.3) is 0 Å². The Hall–Kier alpha value is -1.13. The van der Waals surface area contributed by atoms with E-state index in [9.17, 15) is 0 Å². The Balaban J connectivity index is 1.72. The molecule has 1 heterocycles. The molecule has 0 saturated heterocycles. The summed E-state index contributed by atoms with van der Waals surface area (Å²) < 4.78 is 1.08. The van der Waals surface area contributed by atoms with Gasteiger partial charge < -0.3 is 5.32 Å². The fourth-order valence-corrected chi connectivity index (χ4v) is 2.53. The van der Waals surface area contributed by atoms with Crippen LogP contribution in [0.4, 0.5) is 5.82 Å². The number of rotatable bonds is 4. The van der Waals surface area contributed by atoms with Crippen LogP contribution in [-0.4, -0.2) is 9.97 Å². The largest absolute Gasteiger partial charge is 0.366 e. The van der Waals surface area contributed by atoms with E-state index in [-0.39, 0.29) is 0 Å². The molecule has 0 unspecified atom stereocenters. The van der Waals surface area contributed by atoms with Crippen molar-refractivity contribution in [2.24, 2.45) is 0 Å². The van der Waals surface area contributed by atoms with Gasteiger partial charge in [0, 0.05) is 23.0 Å². The number of hydrogen-bond donors (Lipinski definition) is 1. The highest BCUT2D eigenvalue weighted by atomic mass is 79.9. The lowest BCUT2D eigenvalue weighted by Gasteiger charge is -2.08. The van der Waals surface area contributed by atoms with Crippen molar-refractivity contribution in [3.05, 3.63) is 51.3 Å². The van der Waals surface area contributed by atoms with Gasteiger partial charge >= 0.3 is 0 Å². The van der Waals surface area contributed by atoms with E-state index in [2.05, 4.69) is 43.3 Å². The fourth-order valence-electron chi connectivity index (χ4n) is 1.89. The molecule has 0 amide bonds. The third-order valence-corrected chi connectivity index (χ3v) is 3.70. The maximum absolute atomic E-state index is 6.03. The molecule has 0 radical (unpaired) electrons. The van der Waals surface area contributed by atoms with Crippen LogP contribution in [0.5, 0.6) is 0 Å². The third kappa shape index (κ3) is 3.45. The summed E-state index contributed by atoms with van der Waals surface area (Å²) in [4.78, 5) is 8.79. The first-order valence-electron chi connectivity index (χ1n) is 6.23. The average molecular weight is 339 g/mol. The van der Waals surface area contributed by atoms with Crippen molar-refractivity contribution in [3.63, 3.8) is 0 Å². The predicted molar refractivity (Wildman–Crippen MR) is 80.5 cm³/mol. The van der Waals surface area contributed by atoms with Crippen LogP contribution < -0.4 is 5.32 Å². The van der Waals surface area contributed by atoms with E-state index in [1.165, 1.54) is 18.4 Å². The molecule has 0 spiro atoms. The monoisotopic (exact) mass is 337 g/mol. The normalized spacial score (nSPS) is 14.4. The molecule has 19 heavy (non-hydrogen) atoms. The van der Waals surface area contributed by atoms with Gasteiger partial charge in [-0.2, -0.15) is 0 Å². The number of anilines is 1. The van der Waals surface area contributed by atoms with Crippen molar-refractivity contribution in [1.82, 2.24) is 9.97 Å². The topological polar surface area (TPSA) is 37.8 Å². The number of aromatic nitrogens is 2. The smallest absolute Gasteiger partial charge is 0.135 e. The molecule has 0 atom stereocenters. The average Bonchev–Trinajstić information content (AvgIpc) is 3.20. The van der Waals surface area contributed by atoms with E-state index in [1.54, 1.807) is 6.07 Å². The lowest BCUT2D eigenvalue weighted by atomic mass is 10.2. The van der Waals surface area contributed by atoms with E-state index < -0.39 is 0 Å². The van der Waals surface area contributed by atoms with Gasteiger partial charge in [-0.05, 0) is 30.5 Å². The molecule has 0 aliphatic heterocycles. The SMILES string of the molecule is Clc1cc(NCc2cccc(Br)c2)nc(C2CC2)n1. The second-order valence-electron chi connectivity index (χ2n) is 4.69. The van der Waals surface area contributed by atoms with Crippen LogP contribution in [0.15, 0.2) is 34.8 Å². The number of halogens is 2. The van der Waals surface area contributed by atoms with Gasteiger partial charge in [0.2, 0.25) is 0 Å². The molecule has 1 aliphatic carbocycles. The predicted octanol–water partition coefficient (Wildman–Crippen LogP) is 4.38. The third-order valence-electron chi connectivity index (χ3n) is 3.02. The number of nitrogens with zero attached hydrogens (tertiary/aromatic N) is 2. The van der Waals surface area contributed by atoms with Gasteiger partial charge in [-0.3, -0.25) is 0 Å². The summed E-state index contributed by atoms with van der Waals surface area (Å²) in [5.41, 5.74) is 1.19. The zero-order valence-electron chi connectivity index (χ0n) is 10.2. The Labute approximate surface area is 125 Å². The second-order valence-corrected chi connectivity index (χ2v) is 5.99. The summed E-state index contributed by atoms with van der Waals surface area (Å²) >= 11 is 9.49. The molecule has 1 saturated carbocycles. The number of hydrogen-bond acceptors (Lipinski definition) is 3. The second kappa shape index (κ2) is 5.47. The van der Waals surface area contributed by atoms with Crippen LogP contribution in [0.3, 0.4) is 0 Å². The van der Waals surface area contributed by atoms with Crippen LogP contribution in [0.1, 0.15) is 30.1 Å². The Morgan fingerprint density at radius 1 is 1.26 bits per heavy atom. The zero-order chi connectivity index (χ0) is 13.2. The van der Waals surface area contributed by atoms with E-state index in [0.29, 0.717) is 11.1 Å². The molecule has 2 aromatic rings. The molecule has 3 nitrogen and oxygen atoms in total. The molecule has 0 bridgehead atoms. The summed E-state index contributed by atoms with van der Waals surface area (Å²) in [6, 6.07) is 9.95. The maximum atomic E-state index is 6.03. The quantitative estimate of drug-likeness (QED) is 0.841. The molecule has 5 heteroatoms. The Morgan fingerprint density at radius 2 is 2.11 bits per heavy atom. The first-order chi connectivity index (χ1) is 9.20. The summed E-state index contributed by atoms with van der Waals surface area (Å²) in [7, 11) is 0. The first-order valence-corrected chi connectivity index (χ1v) is 7.40. The molecule has 1 aliphatic rings. The maximum Gasteiger partial charge on any atom is 0.135 e. The lowest BCUT2D eigenvalue weighted by molar-refractivity contribution is 0.921. The first kappa shape index (κ1) is 12.9. The van der Waals surface area contributed by atoms with Crippen molar-refractivity contribution < 1.29 is 0 Å². The zero-order valence-corrected chi connectivity index (χ0v) is 12.6. The summed E-state index contributed by atoms with van der Waals surface area (Å²) in [5.74, 6) is 2.16. The van der Waals surface area contributed by atoms with Crippen molar-refractivity contribution >= 4 is 33.3 Å². The minimum atomic E-state index is 0.505. The van der Waals surface area contributed by atoms with Gasteiger partial charge in [0.05, 0.1) is 0 Å². The van der Waals surface area contributed by atoms with Crippen LogP contribution in [-0.2, 0) is 6.54 Å². The Bertz CT molecular complexity index is 599. The van der Waals surface area contributed by atoms with E-state index in [1.807, 2.05) is 12.1 Å². The van der Waals surface area contributed by atoms with E-state index >= 15 is 0 Å². The summed E-state index contributed by atoms with van der Waals surface area (Å²) in [6.07, 6.45) is 2.34. The van der Waals surface area contributed by atoms with Gasteiger partial charge in [-0.1, -0.05) is 39.7 Å². The fraction of sp³-hybridized carbons (Fsp3) is 0.286. The van der Waals surface area contributed by atoms with Crippen LogP contribution in [0.25, 0.3) is 0 Å². The number of nitrogens with one attached hydrogen (secondary N) is 1. The highest BCUT2D eigenvalue weighted by Crippen LogP contribution is 2.38. The molecule has 1 fully saturated rings. The summed E-state index contributed by atoms with van der Waals surface area (Å²) in [6.45, 7) is 0.719. The molecule has 1 aromatic carbocycles. The Morgan fingerprint density at radius 3 is 2.84 bits per heavy atom. The molecule has 98 valence electrons. The lowest BCUT2D eigenvalue weighted by Crippen LogP contribution is -2.04.